The van der Waals surface area contributed by atoms with E-state index in [0.717, 1.165) is 6.39 Å². The van der Waals surface area contributed by atoms with E-state index in [1.54, 1.807) is 24.3 Å². The molecule has 0 saturated carbocycles. The predicted octanol–water partition coefficient (Wildman–Crippen LogP) is -0.789. The molecule has 0 fully saturated rings. The van der Waals surface area contributed by atoms with Gasteiger partial charge in [-0.2, -0.15) is 0 Å². The van der Waals surface area contributed by atoms with Crippen molar-refractivity contribution in [2.24, 2.45) is 17.2 Å². The number of aromatic nitrogens is 1. The van der Waals surface area contributed by atoms with Crippen LogP contribution < -0.4 is 27.8 Å². The Morgan fingerprint density at radius 3 is 2.22 bits per heavy atom. The van der Waals surface area contributed by atoms with Crippen molar-refractivity contribution in [3.05, 3.63) is 42.4 Å². The smallest absolute Gasteiger partial charge is 0.274 e. The SMILES string of the molecule is CN.CN.CNC(=O)[C@H](CC(N)=O)NC(=O)c1ncoc1-c1ccccc1. The van der Waals surface area contributed by atoms with Gasteiger partial charge in [-0.3, -0.25) is 14.4 Å². The first-order chi connectivity index (χ1) is 13.0. The molecule has 2 rings (SSSR count). The minimum atomic E-state index is -1.08. The Bertz CT molecular complexity index is 717. The second-order valence-corrected chi connectivity index (χ2v) is 4.71. The minimum absolute atomic E-state index is 0.0228. The number of hydrogen-bond donors (Lipinski definition) is 5. The van der Waals surface area contributed by atoms with Crippen LogP contribution in [0.15, 0.2) is 41.1 Å². The van der Waals surface area contributed by atoms with Gasteiger partial charge in [-0.25, -0.2) is 4.98 Å². The van der Waals surface area contributed by atoms with E-state index in [4.69, 9.17) is 10.2 Å². The number of benzene rings is 1. The third kappa shape index (κ3) is 7.26. The largest absolute Gasteiger partial charge is 0.443 e. The van der Waals surface area contributed by atoms with E-state index in [1.165, 1.54) is 21.1 Å². The lowest BCUT2D eigenvalue weighted by Gasteiger charge is -2.15. The summed E-state index contributed by atoms with van der Waals surface area (Å²) in [5.41, 5.74) is 14.8. The highest BCUT2D eigenvalue weighted by atomic mass is 16.3. The summed E-state index contributed by atoms with van der Waals surface area (Å²) in [5.74, 6) is -1.59. The lowest BCUT2D eigenvalue weighted by molar-refractivity contribution is -0.126. The quantitative estimate of drug-likeness (QED) is 0.437. The van der Waals surface area contributed by atoms with E-state index in [2.05, 4.69) is 27.1 Å². The molecule has 0 aliphatic carbocycles. The van der Waals surface area contributed by atoms with Gasteiger partial charge in [0.05, 0.1) is 6.42 Å². The molecule has 0 aliphatic rings. The van der Waals surface area contributed by atoms with Crippen molar-refractivity contribution in [1.29, 1.82) is 0 Å². The number of nitrogens with zero attached hydrogens (tertiary/aromatic N) is 1. The molecule has 8 N–H and O–H groups in total. The van der Waals surface area contributed by atoms with Crippen LogP contribution in [0.4, 0.5) is 0 Å². The van der Waals surface area contributed by atoms with Crippen LogP contribution in [0, 0.1) is 0 Å². The summed E-state index contributed by atoms with van der Waals surface area (Å²) >= 11 is 0. The maximum atomic E-state index is 12.3. The molecule has 1 heterocycles. The molecule has 3 amide bonds. The van der Waals surface area contributed by atoms with Gasteiger partial charge in [-0.15, -0.1) is 0 Å². The van der Waals surface area contributed by atoms with Gasteiger partial charge >= 0.3 is 0 Å². The summed E-state index contributed by atoms with van der Waals surface area (Å²) in [4.78, 5) is 39.0. The van der Waals surface area contributed by atoms with Crippen LogP contribution in [-0.2, 0) is 9.59 Å². The van der Waals surface area contributed by atoms with E-state index >= 15 is 0 Å². The standard InChI is InChI=1S/C15H16N4O4.2CH5N/c1-17-14(21)10(7-11(16)20)19-15(22)12-13(23-8-18-12)9-5-3-2-4-6-9;2*1-2/h2-6,8,10H,7H2,1H3,(H2,16,20)(H,17,21)(H,19,22);2*2H2,1H3/t10-;;/m0../s1. The van der Waals surface area contributed by atoms with Gasteiger partial charge in [-0.05, 0) is 14.1 Å². The highest BCUT2D eigenvalue weighted by molar-refractivity contribution is 6.00. The maximum absolute atomic E-state index is 12.3. The average molecular weight is 378 g/mol. The van der Waals surface area contributed by atoms with E-state index < -0.39 is 23.8 Å². The molecular formula is C17H26N6O4. The highest BCUT2D eigenvalue weighted by Gasteiger charge is 2.25. The van der Waals surface area contributed by atoms with Crippen molar-refractivity contribution in [1.82, 2.24) is 15.6 Å². The number of hydrogen-bond acceptors (Lipinski definition) is 7. The summed E-state index contributed by atoms with van der Waals surface area (Å²) in [5, 5.41) is 4.80. The van der Waals surface area contributed by atoms with Crippen LogP contribution in [0.2, 0.25) is 0 Å². The molecular weight excluding hydrogens is 352 g/mol. The summed E-state index contributed by atoms with van der Waals surface area (Å²) in [6.07, 6.45) is 0.824. The van der Waals surface area contributed by atoms with Crippen molar-refractivity contribution in [2.75, 3.05) is 21.1 Å². The van der Waals surface area contributed by atoms with Gasteiger partial charge in [0.2, 0.25) is 11.8 Å². The van der Waals surface area contributed by atoms with Crippen molar-refractivity contribution in [3.63, 3.8) is 0 Å². The van der Waals surface area contributed by atoms with E-state index in [0.29, 0.717) is 5.56 Å². The predicted molar refractivity (Wildman–Crippen MR) is 101 cm³/mol. The summed E-state index contributed by atoms with van der Waals surface area (Å²) in [7, 11) is 4.40. The summed E-state index contributed by atoms with van der Waals surface area (Å²) < 4.78 is 5.26. The van der Waals surface area contributed by atoms with Crippen molar-refractivity contribution < 1.29 is 18.8 Å². The number of carbonyl (C=O) groups excluding carboxylic acids is 3. The molecule has 0 unspecified atom stereocenters. The van der Waals surface area contributed by atoms with Gasteiger partial charge < -0.3 is 32.3 Å². The van der Waals surface area contributed by atoms with Gasteiger partial charge in [0.25, 0.3) is 5.91 Å². The van der Waals surface area contributed by atoms with Crippen molar-refractivity contribution >= 4 is 17.7 Å². The molecule has 0 bridgehead atoms. The number of oxazole rings is 1. The molecule has 27 heavy (non-hydrogen) atoms. The summed E-state index contributed by atoms with van der Waals surface area (Å²) in [6, 6.07) is 7.85. The fourth-order valence-electron chi connectivity index (χ4n) is 2.01. The summed E-state index contributed by atoms with van der Waals surface area (Å²) in [6.45, 7) is 0. The van der Waals surface area contributed by atoms with Crippen LogP contribution in [0.1, 0.15) is 16.9 Å². The third-order valence-electron chi connectivity index (χ3n) is 3.09. The molecule has 1 atom stereocenters. The maximum Gasteiger partial charge on any atom is 0.274 e. The zero-order chi connectivity index (χ0) is 20.8. The Kier molecular flexibility index (Phi) is 11.5. The van der Waals surface area contributed by atoms with Crippen molar-refractivity contribution in [3.8, 4) is 11.3 Å². The monoisotopic (exact) mass is 378 g/mol. The topological polar surface area (TPSA) is 179 Å². The van der Waals surface area contributed by atoms with Crippen LogP contribution in [0.5, 0.6) is 0 Å². The molecule has 1 aromatic heterocycles. The number of carbonyl (C=O) groups is 3. The van der Waals surface area contributed by atoms with E-state index in [1.807, 2.05) is 6.07 Å². The first kappa shape index (κ1) is 23.8. The fourth-order valence-corrected chi connectivity index (χ4v) is 2.01. The minimum Gasteiger partial charge on any atom is -0.443 e. The molecule has 2 aromatic rings. The number of likely N-dealkylation sites (N-methyl/N-ethyl adjacent to an activating group) is 1. The average Bonchev–Trinajstić information content (AvgIpc) is 3.20. The van der Waals surface area contributed by atoms with E-state index in [-0.39, 0.29) is 17.9 Å². The number of primary amides is 1. The van der Waals surface area contributed by atoms with Gasteiger partial charge in [0.15, 0.2) is 17.8 Å². The molecule has 0 aliphatic heterocycles. The Labute approximate surface area is 157 Å². The lowest BCUT2D eigenvalue weighted by Crippen LogP contribution is -2.47. The lowest BCUT2D eigenvalue weighted by atomic mass is 10.1. The highest BCUT2D eigenvalue weighted by Crippen LogP contribution is 2.22. The molecule has 10 heteroatoms. The van der Waals surface area contributed by atoms with Crippen molar-refractivity contribution in [2.45, 2.75) is 12.5 Å². The van der Waals surface area contributed by atoms with E-state index in [9.17, 15) is 14.4 Å². The Balaban J connectivity index is 0.00000158. The number of nitrogens with two attached hydrogens (primary N) is 3. The van der Waals surface area contributed by atoms with Crippen LogP contribution in [0.3, 0.4) is 0 Å². The molecule has 0 radical (unpaired) electrons. The zero-order valence-corrected chi connectivity index (χ0v) is 15.6. The fraction of sp³-hybridized carbons (Fsp3) is 0.294. The molecule has 0 saturated heterocycles. The molecule has 10 nitrogen and oxygen atoms in total. The normalized spacial score (nSPS) is 10.3. The molecule has 148 valence electrons. The number of nitrogens with one attached hydrogen (secondary N) is 2. The first-order valence-electron chi connectivity index (χ1n) is 7.98. The van der Waals surface area contributed by atoms with Crippen LogP contribution in [0.25, 0.3) is 11.3 Å². The second-order valence-electron chi connectivity index (χ2n) is 4.71. The molecule has 1 aromatic carbocycles. The second kappa shape index (κ2) is 13.0. The number of rotatable bonds is 6. The first-order valence-corrected chi connectivity index (χ1v) is 7.98. The zero-order valence-electron chi connectivity index (χ0n) is 15.6. The van der Waals surface area contributed by atoms with Gasteiger partial charge in [-0.1, -0.05) is 30.3 Å². The molecule has 0 spiro atoms. The Morgan fingerprint density at radius 1 is 1.11 bits per heavy atom. The van der Waals surface area contributed by atoms with Gasteiger partial charge in [0.1, 0.15) is 6.04 Å². The van der Waals surface area contributed by atoms with Gasteiger partial charge in [0, 0.05) is 12.6 Å². The van der Waals surface area contributed by atoms with Crippen LogP contribution >= 0.6 is 0 Å². The van der Waals surface area contributed by atoms with Crippen LogP contribution in [-0.4, -0.2) is 49.9 Å². The third-order valence-corrected chi connectivity index (χ3v) is 3.09. The number of amides is 3. The Morgan fingerprint density at radius 2 is 1.70 bits per heavy atom. The Hall–Kier alpha value is -3.24.